The van der Waals surface area contributed by atoms with Gasteiger partial charge in [-0.3, -0.25) is 4.57 Å². The molecule has 0 saturated carbocycles. The molecule has 0 atom stereocenters. The van der Waals surface area contributed by atoms with Crippen LogP contribution < -0.4 is 0 Å². The van der Waals surface area contributed by atoms with Gasteiger partial charge in [0.25, 0.3) is 0 Å². The number of benzene rings is 10. The van der Waals surface area contributed by atoms with E-state index in [0.29, 0.717) is 0 Å². The molecule has 0 fully saturated rings. The lowest BCUT2D eigenvalue weighted by Gasteiger charge is -2.19. The highest BCUT2D eigenvalue weighted by molar-refractivity contribution is 6.22. The molecule has 0 aliphatic heterocycles. The topological polar surface area (TPSA) is 17.8 Å². The van der Waals surface area contributed by atoms with Crippen LogP contribution in [0.2, 0.25) is 0 Å². The molecule has 0 unspecified atom stereocenters. The van der Waals surface area contributed by atoms with Crippen molar-refractivity contribution in [2.45, 2.75) is 0 Å². The van der Waals surface area contributed by atoms with Crippen molar-refractivity contribution >= 4 is 43.1 Å². The number of hydrogen-bond acceptors (Lipinski definition) is 1. The first kappa shape index (κ1) is 32.8. The largest absolute Gasteiger partial charge is 0.292 e. The van der Waals surface area contributed by atoms with Crippen molar-refractivity contribution in [3.63, 3.8) is 0 Å². The van der Waals surface area contributed by atoms with Crippen LogP contribution in [0.15, 0.2) is 218 Å². The Hall–Kier alpha value is -7.55. The molecule has 266 valence electrons. The van der Waals surface area contributed by atoms with Gasteiger partial charge in [-0.1, -0.05) is 188 Å². The molecule has 0 spiro atoms. The summed E-state index contributed by atoms with van der Waals surface area (Å²) in [6.45, 7) is 0. The van der Waals surface area contributed by atoms with Gasteiger partial charge in [0.05, 0.1) is 11.4 Å². The molecule has 2 nitrogen and oxygen atoms in total. The van der Waals surface area contributed by atoms with E-state index in [1.807, 2.05) is 0 Å². The van der Waals surface area contributed by atoms with Crippen LogP contribution in [0.3, 0.4) is 0 Å². The Labute approximate surface area is 331 Å². The summed E-state index contributed by atoms with van der Waals surface area (Å²) >= 11 is 0. The van der Waals surface area contributed by atoms with Crippen molar-refractivity contribution in [2.75, 3.05) is 0 Å². The zero-order chi connectivity index (χ0) is 37.7. The van der Waals surface area contributed by atoms with E-state index in [-0.39, 0.29) is 0 Å². The molecule has 0 radical (unpaired) electrons. The Morgan fingerprint density at radius 2 is 0.754 bits per heavy atom. The molecule has 0 saturated heterocycles. The summed E-state index contributed by atoms with van der Waals surface area (Å²) in [5, 5.41) is 9.78. The quantitative estimate of drug-likeness (QED) is 0.156. The Bertz CT molecular complexity index is 3270. The normalized spacial score (nSPS) is 11.5. The molecule has 1 heterocycles. The number of nitrogens with zero attached hydrogens (tertiary/aromatic N) is 2. The van der Waals surface area contributed by atoms with E-state index in [2.05, 4.69) is 223 Å². The van der Waals surface area contributed by atoms with Crippen molar-refractivity contribution < 1.29 is 0 Å². The smallest absolute Gasteiger partial charge is 0.145 e. The number of hydrogen-bond donors (Lipinski definition) is 0. The van der Waals surface area contributed by atoms with E-state index in [9.17, 15) is 0 Å². The first-order chi connectivity index (χ1) is 28.3. The second-order valence-electron chi connectivity index (χ2n) is 14.7. The monoisotopic (exact) mass is 724 g/mol. The van der Waals surface area contributed by atoms with Crippen LogP contribution in [-0.4, -0.2) is 9.55 Å². The highest BCUT2D eigenvalue weighted by atomic mass is 15.1. The summed E-state index contributed by atoms with van der Waals surface area (Å²) in [7, 11) is 0. The zero-order valence-corrected chi connectivity index (χ0v) is 31.2. The number of imidazole rings is 1. The van der Waals surface area contributed by atoms with E-state index >= 15 is 0 Å². The van der Waals surface area contributed by atoms with Crippen molar-refractivity contribution in [2.24, 2.45) is 0 Å². The fourth-order valence-electron chi connectivity index (χ4n) is 8.73. The van der Waals surface area contributed by atoms with Gasteiger partial charge in [-0.15, -0.1) is 0 Å². The van der Waals surface area contributed by atoms with Gasteiger partial charge in [0, 0.05) is 22.4 Å². The molecule has 0 amide bonds. The van der Waals surface area contributed by atoms with Crippen molar-refractivity contribution in [1.29, 1.82) is 0 Å². The van der Waals surface area contributed by atoms with Crippen LogP contribution >= 0.6 is 0 Å². The summed E-state index contributed by atoms with van der Waals surface area (Å²) in [6, 6.07) is 78.9. The van der Waals surface area contributed by atoms with Crippen LogP contribution in [0.25, 0.3) is 105 Å². The molecule has 0 N–H and O–H groups in total. The van der Waals surface area contributed by atoms with Crippen LogP contribution in [-0.2, 0) is 0 Å². The minimum Gasteiger partial charge on any atom is -0.292 e. The highest BCUT2D eigenvalue weighted by Gasteiger charge is 2.24. The maximum atomic E-state index is 5.59. The van der Waals surface area contributed by atoms with Crippen LogP contribution in [0.1, 0.15) is 0 Å². The van der Waals surface area contributed by atoms with Crippen LogP contribution in [0.5, 0.6) is 0 Å². The van der Waals surface area contributed by atoms with Gasteiger partial charge in [-0.25, -0.2) is 4.98 Å². The lowest BCUT2D eigenvalue weighted by atomic mass is 9.84. The molecule has 10 aromatic carbocycles. The van der Waals surface area contributed by atoms with E-state index in [1.54, 1.807) is 0 Å². The minimum absolute atomic E-state index is 0.894. The number of fused-ring (bicyclic) bond motifs is 4. The Morgan fingerprint density at radius 3 is 1.35 bits per heavy atom. The van der Waals surface area contributed by atoms with Gasteiger partial charge in [-0.2, -0.15) is 0 Å². The Kier molecular flexibility index (Phi) is 7.86. The molecule has 0 aliphatic rings. The first-order valence-corrected chi connectivity index (χ1v) is 19.5. The first-order valence-electron chi connectivity index (χ1n) is 19.5. The Balaban J connectivity index is 1.26. The number of rotatable bonds is 6. The summed E-state index contributed by atoms with van der Waals surface area (Å²) in [6.07, 6.45) is 0. The average Bonchev–Trinajstić information content (AvgIpc) is 3.69. The molecule has 11 aromatic rings. The predicted molar refractivity (Wildman–Crippen MR) is 241 cm³/mol. The lowest BCUT2D eigenvalue weighted by Crippen LogP contribution is -2.00. The molecular weight excluding hydrogens is 689 g/mol. The van der Waals surface area contributed by atoms with Crippen molar-refractivity contribution in [3.8, 4) is 61.8 Å². The van der Waals surface area contributed by atoms with Gasteiger partial charge < -0.3 is 0 Å². The van der Waals surface area contributed by atoms with Crippen LogP contribution in [0, 0.1) is 0 Å². The molecule has 1 aromatic heterocycles. The molecule has 2 heteroatoms. The SMILES string of the molecule is c1ccc(-c2nc(-c3ccc4c(-c5ccc6ccccc6c5)c5ccccc5c(-c5ccc6ccccc6c5)c4c3)n(-c3ccccc3)c2-c2ccccc2)cc1. The third-order valence-corrected chi connectivity index (χ3v) is 11.3. The fourth-order valence-corrected chi connectivity index (χ4v) is 8.73. The van der Waals surface area contributed by atoms with Crippen LogP contribution in [0.4, 0.5) is 0 Å². The Morgan fingerprint density at radius 1 is 0.298 bits per heavy atom. The molecule has 0 aliphatic carbocycles. The van der Waals surface area contributed by atoms with E-state index < -0.39 is 0 Å². The van der Waals surface area contributed by atoms with E-state index in [1.165, 1.54) is 65.3 Å². The number of aromatic nitrogens is 2. The summed E-state index contributed by atoms with van der Waals surface area (Å²) < 4.78 is 2.35. The zero-order valence-electron chi connectivity index (χ0n) is 31.2. The second kappa shape index (κ2) is 13.6. The lowest BCUT2D eigenvalue weighted by molar-refractivity contribution is 1.07. The standard InChI is InChI=1S/C55H36N2/c1-4-18-39(19-5-1)53-54(40-20-6-2-7-21-40)57(46-24-8-3-9-25-46)55(56-53)45-32-33-49-50(36-45)52(44-31-29-38-17-11-13-23-42(38)35-44)48-27-15-14-26-47(48)51(49)43-30-28-37-16-10-12-22-41(37)34-43/h1-36H. The van der Waals surface area contributed by atoms with Gasteiger partial charge in [0.2, 0.25) is 0 Å². The third-order valence-electron chi connectivity index (χ3n) is 11.3. The third kappa shape index (κ3) is 5.61. The maximum Gasteiger partial charge on any atom is 0.145 e. The molecule has 57 heavy (non-hydrogen) atoms. The van der Waals surface area contributed by atoms with Gasteiger partial charge in [-0.05, 0) is 95.7 Å². The fraction of sp³-hybridized carbons (Fsp3) is 0. The van der Waals surface area contributed by atoms with E-state index in [4.69, 9.17) is 4.98 Å². The van der Waals surface area contributed by atoms with Gasteiger partial charge >= 0.3 is 0 Å². The van der Waals surface area contributed by atoms with Gasteiger partial charge in [0.1, 0.15) is 5.82 Å². The van der Waals surface area contributed by atoms with Crippen molar-refractivity contribution in [3.05, 3.63) is 218 Å². The van der Waals surface area contributed by atoms with Crippen molar-refractivity contribution in [1.82, 2.24) is 9.55 Å². The molecular formula is C55H36N2. The van der Waals surface area contributed by atoms with Gasteiger partial charge in [0.15, 0.2) is 0 Å². The molecule has 0 bridgehead atoms. The number of para-hydroxylation sites is 1. The predicted octanol–water partition coefficient (Wildman–Crippen LogP) is 14.8. The summed E-state index contributed by atoms with van der Waals surface area (Å²) in [5.41, 5.74) is 11.2. The highest BCUT2D eigenvalue weighted by Crippen LogP contribution is 2.47. The maximum absolute atomic E-state index is 5.59. The summed E-state index contributed by atoms with van der Waals surface area (Å²) in [4.78, 5) is 5.59. The second-order valence-corrected chi connectivity index (χ2v) is 14.7. The minimum atomic E-state index is 0.894. The van der Waals surface area contributed by atoms with E-state index in [0.717, 1.165) is 39.6 Å². The average molecular weight is 725 g/mol. The summed E-state index contributed by atoms with van der Waals surface area (Å²) in [5.74, 6) is 0.894. The molecule has 11 rings (SSSR count).